The van der Waals surface area contributed by atoms with Gasteiger partial charge in [-0.1, -0.05) is 0 Å². The molecule has 0 radical (unpaired) electrons. The van der Waals surface area contributed by atoms with Gasteiger partial charge in [0.1, 0.15) is 12.1 Å². The van der Waals surface area contributed by atoms with Gasteiger partial charge in [-0.3, -0.25) is 0 Å². The van der Waals surface area contributed by atoms with E-state index in [-0.39, 0.29) is 5.75 Å². The number of fused-ring (bicyclic) bond motifs is 1. The lowest BCUT2D eigenvalue weighted by molar-refractivity contribution is -0.274. The zero-order valence-electron chi connectivity index (χ0n) is 7.32. The van der Waals surface area contributed by atoms with Gasteiger partial charge in [-0.05, 0) is 12.1 Å². The molecule has 0 saturated heterocycles. The Hall–Kier alpha value is -1.85. The largest absolute Gasteiger partial charge is 0.573 e. The Morgan fingerprint density at radius 1 is 1.20 bits per heavy atom. The summed E-state index contributed by atoms with van der Waals surface area (Å²) in [5, 5.41) is 0.659. The highest BCUT2D eigenvalue weighted by atomic mass is 19.4. The third-order valence-corrected chi connectivity index (χ3v) is 1.71. The van der Waals surface area contributed by atoms with Gasteiger partial charge in [0.25, 0.3) is 0 Å². The Labute approximate surface area is 82.5 Å². The van der Waals surface area contributed by atoms with Crippen molar-refractivity contribution < 1.29 is 17.9 Å². The number of benzene rings is 1. The molecule has 6 heteroatoms. The third-order valence-electron chi connectivity index (χ3n) is 1.71. The van der Waals surface area contributed by atoms with Crippen LogP contribution in [0.2, 0.25) is 0 Å². The monoisotopic (exact) mass is 214 g/mol. The number of halogens is 3. The van der Waals surface area contributed by atoms with Crippen LogP contribution in [-0.4, -0.2) is 16.3 Å². The van der Waals surface area contributed by atoms with E-state index in [1.54, 1.807) is 0 Å². The molecular formula is C9H5F3N2O. The molecule has 0 N–H and O–H groups in total. The number of alkyl halides is 3. The molecule has 1 aromatic heterocycles. The Morgan fingerprint density at radius 3 is 2.73 bits per heavy atom. The molecule has 15 heavy (non-hydrogen) atoms. The molecule has 2 rings (SSSR count). The number of nitrogens with zero attached hydrogens (tertiary/aromatic N) is 2. The second-order valence-electron chi connectivity index (χ2n) is 2.79. The quantitative estimate of drug-likeness (QED) is 0.731. The zero-order valence-corrected chi connectivity index (χ0v) is 7.32. The Bertz CT molecular complexity index is 484. The molecule has 1 aromatic carbocycles. The molecule has 0 bridgehead atoms. The van der Waals surface area contributed by atoms with Gasteiger partial charge in [0.15, 0.2) is 0 Å². The molecule has 0 amide bonds. The molecule has 0 saturated carbocycles. The molecule has 0 spiro atoms. The van der Waals surface area contributed by atoms with E-state index >= 15 is 0 Å². The summed E-state index contributed by atoms with van der Waals surface area (Å²) in [6.45, 7) is 0. The van der Waals surface area contributed by atoms with Crippen LogP contribution in [0.15, 0.2) is 30.7 Å². The zero-order chi connectivity index (χ0) is 10.9. The molecule has 3 nitrogen and oxygen atoms in total. The van der Waals surface area contributed by atoms with Crippen LogP contribution in [0.25, 0.3) is 10.9 Å². The van der Waals surface area contributed by atoms with E-state index in [0.29, 0.717) is 10.9 Å². The highest BCUT2D eigenvalue weighted by Gasteiger charge is 2.31. The SMILES string of the molecule is FC(F)(F)Oc1ccc2cncnc2c1. The van der Waals surface area contributed by atoms with Crippen molar-refractivity contribution in [1.29, 1.82) is 0 Å². The van der Waals surface area contributed by atoms with Crippen LogP contribution < -0.4 is 4.74 Å². The first-order chi connectivity index (χ1) is 7.04. The number of hydrogen-bond acceptors (Lipinski definition) is 3. The average molecular weight is 214 g/mol. The van der Waals surface area contributed by atoms with Crippen molar-refractivity contribution >= 4 is 10.9 Å². The van der Waals surface area contributed by atoms with Gasteiger partial charge in [-0.15, -0.1) is 13.2 Å². The number of aromatic nitrogens is 2. The summed E-state index contributed by atoms with van der Waals surface area (Å²) in [7, 11) is 0. The van der Waals surface area contributed by atoms with Crippen LogP contribution >= 0.6 is 0 Å². The van der Waals surface area contributed by atoms with Crippen LogP contribution in [0.5, 0.6) is 5.75 Å². The first-order valence-electron chi connectivity index (χ1n) is 4.00. The van der Waals surface area contributed by atoms with Crippen LogP contribution in [0, 0.1) is 0 Å². The van der Waals surface area contributed by atoms with Crippen molar-refractivity contribution in [3.05, 3.63) is 30.7 Å². The van der Waals surface area contributed by atoms with Crippen molar-refractivity contribution in [2.24, 2.45) is 0 Å². The smallest absolute Gasteiger partial charge is 0.406 e. The number of hydrogen-bond donors (Lipinski definition) is 0. The van der Waals surface area contributed by atoms with Gasteiger partial charge < -0.3 is 4.74 Å². The maximum Gasteiger partial charge on any atom is 0.573 e. The van der Waals surface area contributed by atoms with Gasteiger partial charge >= 0.3 is 6.36 Å². The van der Waals surface area contributed by atoms with Crippen molar-refractivity contribution in [2.75, 3.05) is 0 Å². The highest BCUT2D eigenvalue weighted by Crippen LogP contribution is 2.24. The van der Waals surface area contributed by atoms with E-state index in [0.717, 1.165) is 0 Å². The summed E-state index contributed by atoms with van der Waals surface area (Å²) in [6, 6.07) is 3.90. The molecule has 2 aromatic rings. The number of rotatable bonds is 1. The molecule has 0 aliphatic carbocycles. The van der Waals surface area contributed by atoms with Crippen molar-refractivity contribution in [3.63, 3.8) is 0 Å². The standard InChI is InChI=1S/C9H5F3N2O/c10-9(11,12)15-7-2-1-6-4-13-5-14-8(6)3-7/h1-5H. The Balaban J connectivity index is 2.39. The van der Waals surface area contributed by atoms with Gasteiger partial charge in [0.05, 0.1) is 5.52 Å². The molecule has 0 unspecified atom stereocenters. The van der Waals surface area contributed by atoms with Gasteiger partial charge in [-0.2, -0.15) is 0 Å². The minimum Gasteiger partial charge on any atom is -0.406 e. The highest BCUT2D eigenvalue weighted by molar-refractivity contribution is 5.78. The molecule has 78 valence electrons. The van der Waals surface area contributed by atoms with Crippen LogP contribution in [0.1, 0.15) is 0 Å². The molecule has 1 heterocycles. The predicted octanol–water partition coefficient (Wildman–Crippen LogP) is 2.53. The fraction of sp³-hybridized carbons (Fsp3) is 0.111. The summed E-state index contributed by atoms with van der Waals surface area (Å²) in [4.78, 5) is 7.56. The van der Waals surface area contributed by atoms with E-state index < -0.39 is 6.36 Å². The average Bonchev–Trinajstić information content (AvgIpc) is 2.15. The van der Waals surface area contributed by atoms with Gasteiger partial charge in [0, 0.05) is 17.6 Å². The summed E-state index contributed by atoms with van der Waals surface area (Å²) < 4.78 is 39.4. The first kappa shape index (κ1) is 9.70. The van der Waals surface area contributed by atoms with E-state index in [9.17, 15) is 13.2 Å². The second-order valence-corrected chi connectivity index (χ2v) is 2.79. The third kappa shape index (κ3) is 2.34. The van der Waals surface area contributed by atoms with E-state index in [1.807, 2.05) is 0 Å². The minimum absolute atomic E-state index is 0.284. The van der Waals surface area contributed by atoms with Gasteiger partial charge in [0.2, 0.25) is 0 Å². The molecule has 0 fully saturated rings. The summed E-state index contributed by atoms with van der Waals surface area (Å²) >= 11 is 0. The normalized spacial score (nSPS) is 11.7. The lowest BCUT2D eigenvalue weighted by Crippen LogP contribution is -2.17. The predicted molar refractivity (Wildman–Crippen MR) is 46.2 cm³/mol. The maximum absolute atomic E-state index is 11.9. The summed E-state index contributed by atoms with van der Waals surface area (Å²) in [6.07, 6.45) is -1.90. The fourth-order valence-corrected chi connectivity index (χ4v) is 1.15. The van der Waals surface area contributed by atoms with Gasteiger partial charge in [-0.25, -0.2) is 9.97 Å². The van der Waals surface area contributed by atoms with E-state index in [2.05, 4.69) is 14.7 Å². The van der Waals surface area contributed by atoms with Crippen molar-refractivity contribution in [3.8, 4) is 5.75 Å². The topological polar surface area (TPSA) is 35.0 Å². The Kier molecular flexibility index (Phi) is 2.18. The molecule has 0 aliphatic rings. The molecule has 0 atom stereocenters. The van der Waals surface area contributed by atoms with Crippen LogP contribution in [0.3, 0.4) is 0 Å². The summed E-state index contributed by atoms with van der Waals surface area (Å²) in [5.41, 5.74) is 0.409. The minimum atomic E-state index is -4.68. The maximum atomic E-state index is 11.9. The van der Waals surface area contributed by atoms with Crippen molar-refractivity contribution in [2.45, 2.75) is 6.36 Å². The van der Waals surface area contributed by atoms with E-state index in [4.69, 9.17) is 0 Å². The molecular weight excluding hydrogens is 209 g/mol. The van der Waals surface area contributed by atoms with Crippen molar-refractivity contribution in [1.82, 2.24) is 9.97 Å². The Morgan fingerprint density at radius 2 is 2.00 bits per heavy atom. The fourth-order valence-electron chi connectivity index (χ4n) is 1.15. The first-order valence-corrected chi connectivity index (χ1v) is 4.00. The lowest BCUT2D eigenvalue weighted by Gasteiger charge is -2.08. The summed E-state index contributed by atoms with van der Waals surface area (Å²) in [5.74, 6) is -0.284. The second kappa shape index (κ2) is 3.38. The van der Waals surface area contributed by atoms with E-state index in [1.165, 1.54) is 30.7 Å². The van der Waals surface area contributed by atoms with Crippen LogP contribution in [0.4, 0.5) is 13.2 Å². The number of ether oxygens (including phenoxy) is 1. The van der Waals surface area contributed by atoms with Crippen LogP contribution in [-0.2, 0) is 0 Å². The molecule has 0 aliphatic heterocycles. The lowest BCUT2D eigenvalue weighted by atomic mass is 10.2.